The first-order valence-electron chi connectivity index (χ1n) is 5.93. The highest BCUT2D eigenvalue weighted by molar-refractivity contribution is 5.80. The van der Waals surface area contributed by atoms with Crippen molar-refractivity contribution in [1.29, 1.82) is 0 Å². The van der Waals surface area contributed by atoms with Crippen LogP contribution in [0.25, 0.3) is 0 Å². The van der Waals surface area contributed by atoms with Crippen LogP contribution in [0.3, 0.4) is 0 Å². The molecule has 18 heavy (non-hydrogen) atoms. The first-order valence-corrected chi connectivity index (χ1v) is 5.93. The maximum absolute atomic E-state index is 11.5. The Balaban J connectivity index is 2.40. The van der Waals surface area contributed by atoms with E-state index in [9.17, 15) is 9.59 Å². The molecule has 1 aromatic carbocycles. The van der Waals surface area contributed by atoms with Gasteiger partial charge < -0.3 is 9.64 Å². The molecule has 96 valence electrons. The molecule has 0 saturated heterocycles. The molecule has 1 aliphatic carbocycles. The van der Waals surface area contributed by atoms with Gasteiger partial charge in [-0.2, -0.15) is 0 Å². The predicted molar refractivity (Wildman–Crippen MR) is 67.7 cm³/mol. The average molecular weight is 247 g/mol. The molecule has 1 fully saturated rings. The van der Waals surface area contributed by atoms with Crippen LogP contribution in [0.5, 0.6) is 5.75 Å². The standard InChI is InChI=1S/C14H17NO3/c1-10(17)15(2)14(6-7-14)12-4-5-13(18-3)11(8-12)9-16/h4-5,8-9H,6-7H2,1-3H3. The Hall–Kier alpha value is -1.84. The fourth-order valence-electron chi connectivity index (χ4n) is 2.35. The van der Waals surface area contributed by atoms with Crippen molar-refractivity contribution in [3.63, 3.8) is 0 Å². The minimum atomic E-state index is -0.226. The van der Waals surface area contributed by atoms with E-state index in [1.54, 1.807) is 24.9 Å². The highest BCUT2D eigenvalue weighted by Gasteiger charge is 2.49. The van der Waals surface area contributed by atoms with E-state index in [0.29, 0.717) is 11.3 Å². The van der Waals surface area contributed by atoms with E-state index >= 15 is 0 Å². The van der Waals surface area contributed by atoms with Gasteiger partial charge in [-0.1, -0.05) is 6.07 Å². The maximum atomic E-state index is 11.5. The largest absolute Gasteiger partial charge is 0.496 e. The maximum Gasteiger partial charge on any atom is 0.219 e. The van der Waals surface area contributed by atoms with Gasteiger partial charge in [-0.05, 0) is 30.5 Å². The van der Waals surface area contributed by atoms with Gasteiger partial charge in [0, 0.05) is 14.0 Å². The molecule has 1 aromatic rings. The summed E-state index contributed by atoms with van der Waals surface area (Å²) in [6.07, 6.45) is 2.66. The molecule has 0 aliphatic heterocycles. The van der Waals surface area contributed by atoms with Crippen LogP contribution >= 0.6 is 0 Å². The fourth-order valence-corrected chi connectivity index (χ4v) is 2.35. The van der Waals surface area contributed by atoms with E-state index in [-0.39, 0.29) is 11.4 Å². The number of hydrogen-bond acceptors (Lipinski definition) is 3. The minimum Gasteiger partial charge on any atom is -0.496 e. The molecule has 0 unspecified atom stereocenters. The number of nitrogens with zero attached hydrogens (tertiary/aromatic N) is 1. The summed E-state index contributed by atoms with van der Waals surface area (Å²) in [5.74, 6) is 0.603. The van der Waals surface area contributed by atoms with E-state index in [2.05, 4.69) is 0 Å². The lowest BCUT2D eigenvalue weighted by atomic mass is 10.0. The van der Waals surface area contributed by atoms with Gasteiger partial charge in [0.15, 0.2) is 6.29 Å². The van der Waals surface area contributed by atoms with E-state index in [1.165, 1.54) is 7.11 Å². The van der Waals surface area contributed by atoms with Crippen LogP contribution in [0.15, 0.2) is 18.2 Å². The number of amides is 1. The summed E-state index contributed by atoms with van der Waals surface area (Å²) in [5.41, 5.74) is 1.30. The van der Waals surface area contributed by atoms with E-state index in [0.717, 1.165) is 24.7 Å². The summed E-state index contributed by atoms with van der Waals surface area (Å²) in [7, 11) is 3.34. The molecule has 0 spiro atoms. The highest BCUT2D eigenvalue weighted by atomic mass is 16.5. The second kappa shape index (κ2) is 4.44. The molecule has 0 aromatic heterocycles. The molecule has 0 radical (unpaired) electrons. The second-order valence-corrected chi connectivity index (χ2v) is 4.68. The van der Waals surface area contributed by atoms with E-state index in [1.807, 2.05) is 12.1 Å². The molecule has 0 bridgehead atoms. The van der Waals surface area contributed by atoms with Gasteiger partial charge >= 0.3 is 0 Å². The second-order valence-electron chi connectivity index (χ2n) is 4.68. The number of carbonyl (C=O) groups excluding carboxylic acids is 2. The molecule has 1 aliphatic rings. The summed E-state index contributed by atoms with van der Waals surface area (Å²) < 4.78 is 5.12. The number of ether oxygens (including phenoxy) is 1. The highest BCUT2D eigenvalue weighted by Crippen LogP contribution is 2.50. The summed E-state index contributed by atoms with van der Waals surface area (Å²) in [6.45, 7) is 1.56. The zero-order valence-corrected chi connectivity index (χ0v) is 10.9. The SMILES string of the molecule is COc1ccc(C2(N(C)C(C)=O)CC2)cc1C=O. The van der Waals surface area contributed by atoms with Crippen molar-refractivity contribution in [1.82, 2.24) is 4.90 Å². The summed E-state index contributed by atoms with van der Waals surface area (Å²) in [5, 5.41) is 0. The fraction of sp³-hybridized carbons (Fsp3) is 0.429. The van der Waals surface area contributed by atoms with Gasteiger partial charge in [0.25, 0.3) is 0 Å². The van der Waals surface area contributed by atoms with Gasteiger partial charge in [0.05, 0.1) is 18.2 Å². The monoisotopic (exact) mass is 247 g/mol. The predicted octanol–water partition coefficient (Wildman–Crippen LogP) is 1.98. The molecule has 4 heteroatoms. The lowest BCUT2D eigenvalue weighted by Crippen LogP contribution is -2.35. The van der Waals surface area contributed by atoms with E-state index < -0.39 is 0 Å². The molecule has 0 N–H and O–H groups in total. The van der Waals surface area contributed by atoms with Crippen molar-refractivity contribution in [3.05, 3.63) is 29.3 Å². The number of rotatable bonds is 4. The topological polar surface area (TPSA) is 46.6 Å². The third kappa shape index (κ3) is 1.88. The van der Waals surface area contributed by atoms with Crippen LogP contribution < -0.4 is 4.74 Å². The van der Waals surface area contributed by atoms with Crippen LogP contribution in [0.2, 0.25) is 0 Å². The Morgan fingerprint density at radius 2 is 2.11 bits per heavy atom. The van der Waals surface area contributed by atoms with Crippen molar-refractivity contribution in [3.8, 4) is 5.75 Å². The molecular formula is C14H17NO3. The lowest BCUT2D eigenvalue weighted by Gasteiger charge is -2.28. The summed E-state index contributed by atoms with van der Waals surface area (Å²) in [4.78, 5) is 24.3. The first kappa shape index (κ1) is 12.6. The van der Waals surface area contributed by atoms with Gasteiger partial charge in [0.1, 0.15) is 5.75 Å². The lowest BCUT2D eigenvalue weighted by molar-refractivity contribution is -0.130. The van der Waals surface area contributed by atoms with Gasteiger partial charge in [0.2, 0.25) is 5.91 Å². The third-order valence-electron chi connectivity index (χ3n) is 3.73. The van der Waals surface area contributed by atoms with Crippen LogP contribution in [0, 0.1) is 0 Å². The van der Waals surface area contributed by atoms with Crippen molar-refractivity contribution < 1.29 is 14.3 Å². The molecule has 2 rings (SSSR count). The van der Waals surface area contributed by atoms with Crippen LogP contribution in [-0.4, -0.2) is 31.3 Å². The molecule has 0 atom stereocenters. The molecule has 1 saturated carbocycles. The van der Waals surface area contributed by atoms with Crippen molar-refractivity contribution >= 4 is 12.2 Å². The van der Waals surface area contributed by atoms with Crippen LogP contribution in [0.1, 0.15) is 35.7 Å². The zero-order valence-electron chi connectivity index (χ0n) is 10.9. The van der Waals surface area contributed by atoms with Crippen molar-refractivity contribution in [2.75, 3.05) is 14.2 Å². The van der Waals surface area contributed by atoms with Gasteiger partial charge in [-0.3, -0.25) is 9.59 Å². The smallest absolute Gasteiger partial charge is 0.219 e. The normalized spacial score (nSPS) is 15.9. The van der Waals surface area contributed by atoms with Gasteiger partial charge in [-0.15, -0.1) is 0 Å². The molecule has 1 amide bonds. The minimum absolute atomic E-state index is 0.0379. The average Bonchev–Trinajstić information content (AvgIpc) is 3.18. The van der Waals surface area contributed by atoms with Crippen molar-refractivity contribution in [2.45, 2.75) is 25.3 Å². The van der Waals surface area contributed by atoms with Crippen LogP contribution in [-0.2, 0) is 10.3 Å². The number of carbonyl (C=O) groups is 2. The Morgan fingerprint density at radius 1 is 1.44 bits per heavy atom. The quantitative estimate of drug-likeness (QED) is 0.764. The molecule has 0 heterocycles. The Kier molecular flexibility index (Phi) is 3.11. The third-order valence-corrected chi connectivity index (χ3v) is 3.73. The van der Waals surface area contributed by atoms with Crippen LogP contribution in [0.4, 0.5) is 0 Å². The zero-order chi connectivity index (χ0) is 13.3. The van der Waals surface area contributed by atoms with Gasteiger partial charge in [-0.25, -0.2) is 0 Å². The molecular weight excluding hydrogens is 230 g/mol. The van der Waals surface area contributed by atoms with E-state index in [4.69, 9.17) is 4.74 Å². The summed E-state index contributed by atoms with van der Waals surface area (Å²) >= 11 is 0. The number of methoxy groups -OCH3 is 1. The number of hydrogen-bond donors (Lipinski definition) is 0. The first-order chi connectivity index (χ1) is 8.55. The molecule has 4 nitrogen and oxygen atoms in total. The Labute approximate surface area is 107 Å². The van der Waals surface area contributed by atoms with Crippen molar-refractivity contribution in [2.24, 2.45) is 0 Å². The number of aldehydes is 1. The Bertz CT molecular complexity index is 492. The Morgan fingerprint density at radius 3 is 2.56 bits per heavy atom. The summed E-state index contributed by atoms with van der Waals surface area (Å²) in [6, 6.07) is 5.53. The number of benzene rings is 1.